The Morgan fingerprint density at radius 1 is 1.43 bits per heavy atom. The largest absolute Gasteiger partial charge is 0.192 e. The predicted molar refractivity (Wildman–Crippen MR) is 25.2 cm³/mol. The molecule has 34 valence electrons. The van der Waals surface area contributed by atoms with Crippen LogP contribution < -0.4 is 0 Å². The molecule has 0 heterocycles. The SMILES string of the molecule is N#CC(C#N)=CCl. The standard InChI is InChI=1S/C4HClN2/c5-1-4(2-6)3-7/h1H. The van der Waals surface area contributed by atoms with Gasteiger partial charge in [-0.1, -0.05) is 11.6 Å². The highest BCUT2D eigenvalue weighted by Crippen LogP contribution is 1.89. The van der Waals surface area contributed by atoms with Crippen LogP contribution in [0.3, 0.4) is 0 Å². The molecule has 0 fully saturated rings. The van der Waals surface area contributed by atoms with E-state index in [9.17, 15) is 0 Å². The second-order valence-corrected chi connectivity index (χ2v) is 0.965. The van der Waals surface area contributed by atoms with Crippen LogP contribution in [-0.2, 0) is 0 Å². The minimum atomic E-state index is -0.0679. The number of allylic oxidation sites excluding steroid dienone is 1. The van der Waals surface area contributed by atoms with Gasteiger partial charge in [0.2, 0.25) is 0 Å². The zero-order valence-electron chi connectivity index (χ0n) is 3.35. The Morgan fingerprint density at radius 3 is 1.86 bits per heavy atom. The molecule has 0 aliphatic rings. The van der Waals surface area contributed by atoms with Crippen molar-refractivity contribution < 1.29 is 0 Å². The molecule has 0 atom stereocenters. The minimum Gasteiger partial charge on any atom is -0.192 e. The zero-order chi connectivity index (χ0) is 5.70. The van der Waals surface area contributed by atoms with E-state index in [2.05, 4.69) is 0 Å². The maximum Gasteiger partial charge on any atom is 0.140 e. The van der Waals surface area contributed by atoms with Crippen molar-refractivity contribution in [2.75, 3.05) is 0 Å². The smallest absolute Gasteiger partial charge is 0.140 e. The van der Waals surface area contributed by atoms with Gasteiger partial charge >= 0.3 is 0 Å². The molecule has 0 unspecified atom stereocenters. The third-order valence-electron chi connectivity index (χ3n) is 0.350. The summed E-state index contributed by atoms with van der Waals surface area (Å²) < 4.78 is 0. The van der Waals surface area contributed by atoms with E-state index in [1.54, 1.807) is 12.1 Å². The van der Waals surface area contributed by atoms with Gasteiger partial charge in [0.05, 0.1) is 0 Å². The molecule has 0 aromatic carbocycles. The van der Waals surface area contributed by atoms with E-state index < -0.39 is 0 Å². The monoisotopic (exact) mass is 112 g/mol. The molecule has 0 aromatic rings. The van der Waals surface area contributed by atoms with E-state index in [1.807, 2.05) is 0 Å². The molecule has 0 aromatic heterocycles. The normalized spacial score (nSPS) is 5.57. The van der Waals surface area contributed by atoms with Crippen LogP contribution >= 0.6 is 11.6 Å². The van der Waals surface area contributed by atoms with E-state index in [0.29, 0.717) is 0 Å². The van der Waals surface area contributed by atoms with Gasteiger partial charge in [0.25, 0.3) is 0 Å². The first kappa shape index (κ1) is 6.01. The average Bonchev–Trinajstić information content (AvgIpc) is 1.72. The second-order valence-electron chi connectivity index (χ2n) is 0.746. The van der Waals surface area contributed by atoms with E-state index in [0.717, 1.165) is 5.54 Å². The van der Waals surface area contributed by atoms with E-state index in [1.165, 1.54) is 0 Å². The summed E-state index contributed by atoms with van der Waals surface area (Å²) in [5.74, 6) is 0. The number of halogens is 1. The predicted octanol–water partition coefficient (Wildman–Crippen LogP) is 1.16. The second kappa shape index (κ2) is 3.21. The van der Waals surface area contributed by atoms with Crippen molar-refractivity contribution in [3.63, 3.8) is 0 Å². The van der Waals surface area contributed by atoms with Gasteiger partial charge in [-0.3, -0.25) is 0 Å². The molecule has 0 rings (SSSR count). The summed E-state index contributed by atoms with van der Waals surface area (Å²) in [5, 5.41) is 15.8. The lowest BCUT2D eigenvalue weighted by molar-refractivity contribution is 1.47. The molecular formula is C4HClN2. The zero-order valence-corrected chi connectivity index (χ0v) is 4.11. The molecule has 0 saturated heterocycles. The van der Waals surface area contributed by atoms with Crippen LogP contribution in [0.15, 0.2) is 11.1 Å². The summed E-state index contributed by atoms with van der Waals surface area (Å²) in [6, 6.07) is 3.14. The Balaban J connectivity index is 4.03. The molecule has 0 aliphatic heterocycles. The van der Waals surface area contributed by atoms with Gasteiger partial charge in [0, 0.05) is 5.54 Å². The number of nitriles is 2. The average molecular weight is 113 g/mol. The maximum atomic E-state index is 7.90. The lowest BCUT2D eigenvalue weighted by Gasteiger charge is -1.65. The van der Waals surface area contributed by atoms with Gasteiger partial charge < -0.3 is 0 Å². The van der Waals surface area contributed by atoms with Crippen LogP contribution in [0.1, 0.15) is 0 Å². The van der Waals surface area contributed by atoms with Gasteiger partial charge in [0.1, 0.15) is 17.7 Å². The molecule has 2 nitrogen and oxygen atoms in total. The fraction of sp³-hybridized carbons (Fsp3) is 0. The number of rotatable bonds is 0. The van der Waals surface area contributed by atoms with Gasteiger partial charge in [-0.25, -0.2) is 0 Å². The van der Waals surface area contributed by atoms with E-state index in [-0.39, 0.29) is 5.57 Å². The molecule has 0 amide bonds. The number of nitrogens with zero attached hydrogens (tertiary/aromatic N) is 2. The molecule has 7 heavy (non-hydrogen) atoms. The summed E-state index contributed by atoms with van der Waals surface area (Å²) >= 11 is 4.96. The van der Waals surface area contributed by atoms with Gasteiger partial charge in [-0.2, -0.15) is 10.5 Å². The quantitative estimate of drug-likeness (QED) is 0.442. The first-order valence-corrected chi connectivity index (χ1v) is 1.89. The fourth-order valence-corrected chi connectivity index (χ4v) is 0.171. The van der Waals surface area contributed by atoms with E-state index in [4.69, 9.17) is 22.1 Å². The van der Waals surface area contributed by atoms with Crippen LogP contribution in [0.5, 0.6) is 0 Å². The molecule has 0 aliphatic carbocycles. The fourth-order valence-electron chi connectivity index (χ4n) is 0.0738. The maximum absolute atomic E-state index is 7.90. The van der Waals surface area contributed by atoms with Crippen molar-refractivity contribution in [3.8, 4) is 12.1 Å². The molecule has 0 saturated carbocycles. The summed E-state index contributed by atoms with van der Waals surface area (Å²) in [6.45, 7) is 0. The van der Waals surface area contributed by atoms with Crippen molar-refractivity contribution >= 4 is 11.6 Å². The topological polar surface area (TPSA) is 47.6 Å². The van der Waals surface area contributed by atoms with Gasteiger partial charge in [0.15, 0.2) is 0 Å². The van der Waals surface area contributed by atoms with Crippen LogP contribution in [0.25, 0.3) is 0 Å². The lowest BCUT2D eigenvalue weighted by atomic mass is 10.4. The third-order valence-corrected chi connectivity index (χ3v) is 0.568. The Hall–Kier alpha value is -0.990. The summed E-state index contributed by atoms with van der Waals surface area (Å²) in [7, 11) is 0. The Kier molecular flexibility index (Phi) is 2.76. The Bertz CT molecular complexity index is 142. The molecule has 3 heteroatoms. The molecule has 0 radical (unpaired) electrons. The van der Waals surface area contributed by atoms with Gasteiger partial charge in [-0.05, 0) is 0 Å². The van der Waals surface area contributed by atoms with E-state index >= 15 is 0 Å². The van der Waals surface area contributed by atoms with Crippen molar-refractivity contribution in [2.45, 2.75) is 0 Å². The Morgan fingerprint density at radius 2 is 1.86 bits per heavy atom. The van der Waals surface area contributed by atoms with Crippen LogP contribution in [0.4, 0.5) is 0 Å². The molecule has 0 bridgehead atoms. The third kappa shape index (κ3) is 1.81. The van der Waals surface area contributed by atoms with Crippen molar-refractivity contribution in [2.24, 2.45) is 0 Å². The minimum absolute atomic E-state index is 0.0679. The first-order valence-electron chi connectivity index (χ1n) is 1.45. The van der Waals surface area contributed by atoms with Crippen molar-refractivity contribution in [3.05, 3.63) is 11.1 Å². The summed E-state index contributed by atoms with van der Waals surface area (Å²) in [5.41, 5.74) is 0.877. The highest BCUT2D eigenvalue weighted by molar-refractivity contribution is 6.26. The van der Waals surface area contributed by atoms with Gasteiger partial charge in [-0.15, -0.1) is 0 Å². The van der Waals surface area contributed by atoms with Crippen molar-refractivity contribution in [1.29, 1.82) is 10.5 Å². The highest BCUT2D eigenvalue weighted by Gasteiger charge is 1.83. The highest BCUT2D eigenvalue weighted by atomic mass is 35.5. The first-order chi connectivity index (χ1) is 3.35. The van der Waals surface area contributed by atoms with Crippen LogP contribution in [0.2, 0.25) is 0 Å². The van der Waals surface area contributed by atoms with Crippen LogP contribution in [0, 0.1) is 22.7 Å². The number of hydrogen-bond donors (Lipinski definition) is 0. The lowest BCUT2D eigenvalue weighted by Crippen LogP contribution is -1.62. The summed E-state index contributed by atoms with van der Waals surface area (Å²) in [4.78, 5) is 0. The number of hydrogen-bond acceptors (Lipinski definition) is 2. The Labute approximate surface area is 46.2 Å². The molecular weight excluding hydrogens is 112 g/mol. The summed E-state index contributed by atoms with van der Waals surface area (Å²) in [6.07, 6.45) is 0. The van der Waals surface area contributed by atoms with Crippen molar-refractivity contribution in [1.82, 2.24) is 0 Å². The molecule has 0 N–H and O–H groups in total. The molecule has 0 spiro atoms. The van der Waals surface area contributed by atoms with Crippen LogP contribution in [-0.4, -0.2) is 0 Å².